The Morgan fingerprint density at radius 2 is 1.74 bits per heavy atom. The van der Waals surface area contributed by atoms with E-state index >= 15 is 0 Å². The average molecular weight is 456 g/mol. The quantitative estimate of drug-likeness (QED) is 0.456. The Hall–Kier alpha value is -4.26. The van der Waals surface area contributed by atoms with Crippen molar-refractivity contribution in [2.45, 2.75) is 12.0 Å². The molecule has 0 radical (unpaired) electrons. The summed E-state index contributed by atoms with van der Waals surface area (Å²) < 4.78 is 10.8. The molecule has 7 heteroatoms. The van der Waals surface area contributed by atoms with Crippen LogP contribution >= 0.6 is 0 Å². The van der Waals surface area contributed by atoms with E-state index in [0.29, 0.717) is 28.3 Å². The first kappa shape index (κ1) is 21.6. The zero-order valence-electron chi connectivity index (χ0n) is 19.2. The smallest absolute Gasteiger partial charge is 0.254 e. The van der Waals surface area contributed by atoms with Crippen molar-refractivity contribution in [3.05, 3.63) is 89.6 Å². The van der Waals surface area contributed by atoms with Crippen LogP contribution in [0.25, 0.3) is 10.9 Å². The van der Waals surface area contributed by atoms with Gasteiger partial charge in [0.1, 0.15) is 11.5 Å². The fourth-order valence-electron chi connectivity index (χ4n) is 4.81. The largest absolute Gasteiger partial charge is 0.497 e. The Labute approximate surface area is 197 Å². The van der Waals surface area contributed by atoms with Gasteiger partial charge in [-0.05, 0) is 29.8 Å². The third-order valence-electron chi connectivity index (χ3n) is 6.47. The number of anilines is 1. The molecule has 1 aliphatic rings. The molecule has 0 saturated heterocycles. The number of aromatic nitrogens is 1. The number of para-hydroxylation sites is 1. The monoisotopic (exact) mass is 455 g/mol. The lowest BCUT2D eigenvalue weighted by molar-refractivity contribution is -0.119. The number of amides is 2. The molecule has 0 fully saturated rings. The van der Waals surface area contributed by atoms with Gasteiger partial charge in [-0.15, -0.1) is 0 Å². The standard InChI is InChI=1S/C27H25N3O4/c1-30-25(20-15-28-21-11-7-6-8-17(20)21)24(18-9-4-5-10-19(18)27(30)32)26(31)29-22-14-16(33-2)12-13-23(22)34-3/h4-15,24-25,28H,1-3H3,(H,29,31). The van der Waals surface area contributed by atoms with E-state index in [2.05, 4.69) is 10.3 Å². The van der Waals surface area contributed by atoms with Crippen molar-refractivity contribution in [2.75, 3.05) is 26.6 Å². The minimum Gasteiger partial charge on any atom is -0.497 e. The molecule has 4 aromatic rings. The lowest BCUT2D eigenvalue weighted by Gasteiger charge is -2.39. The van der Waals surface area contributed by atoms with Crippen molar-refractivity contribution in [1.29, 1.82) is 0 Å². The molecule has 34 heavy (non-hydrogen) atoms. The van der Waals surface area contributed by atoms with E-state index in [9.17, 15) is 9.59 Å². The molecule has 2 heterocycles. The lowest BCUT2D eigenvalue weighted by Crippen LogP contribution is -2.44. The number of methoxy groups -OCH3 is 2. The molecule has 5 rings (SSSR count). The second-order valence-corrected chi connectivity index (χ2v) is 8.27. The molecule has 3 aromatic carbocycles. The number of rotatable bonds is 5. The van der Waals surface area contributed by atoms with Gasteiger partial charge in [-0.2, -0.15) is 0 Å². The Morgan fingerprint density at radius 1 is 0.971 bits per heavy atom. The van der Waals surface area contributed by atoms with E-state index in [1.54, 1.807) is 50.4 Å². The number of fused-ring (bicyclic) bond motifs is 2. The van der Waals surface area contributed by atoms with Crippen LogP contribution in [0.1, 0.15) is 33.4 Å². The number of H-pyrrole nitrogens is 1. The van der Waals surface area contributed by atoms with Gasteiger partial charge in [0, 0.05) is 41.3 Å². The van der Waals surface area contributed by atoms with Crippen LogP contribution in [0.3, 0.4) is 0 Å². The third kappa shape index (κ3) is 3.46. The van der Waals surface area contributed by atoms with Crippen molar-refractivity contribution in [3.63, 3.8) is 0 Å². The number of carbonyl (C=O) groups excluding carboxylic acids is 2. The highest BCUT2D eigenvalue weighted by Gasteiger charge is 2.43. The Balaban J connectivity index is 1.64. The average Bonchev–Trinajstić information content (AvgIpc) is 3.29. The van der Waals surface area contributed by atoms with E-state index in [4.69, 9.17) is 9.47 Å². The molecule has 2 N–H and O–H groups in total. The highest BCUT2D eigenvalue weighted by molar-refractivity contribution is 6.05. The van der Waals surface area contributed by atoms with Crippen LogP contribution in [0.2, 0.25) is 0 Å². The van der Waals surface area contributed by atoms with Gasteiger partial charge in [0.05, 0.1) is 31.9 Å². The van der Waals surface area contributed by atoms with Crippen molar-refractivity contribution in [1.82, 2.24) is 9.88 Å². The zero-order valence-corrected chi connectivity index (χ0v) is 19.2. The normalized spacial score (nSPS) is 17.4. The minimum absolute atomic E-state index is 0.117. The number of hydrogen-bond acceptors (Lipinski definition) is 4. The molecule has 2 unspecified atom stereocenters. The molecule has 172 valence electrons. The van der Waals surface area contributed by atoms with Gasteiger partial charge in [-0.1, -0.05) is 36.4 Å². The van der Waals surface area contributed by atoms with E-state index in [1.807, 2.05) is 48.7 Å². The summed E-state index contributed by atoms with van der Waals surface area (Å²) in [6.07, 6.45) is 1.89. The number of hydrogen-bond donors (Lipinski definition) is 2. The number of nitrogens with one attached hydrogen (secondary N) is 2. The number of benzene rings is 3. The molecule has 0 bridgehead atoms. The highest BCUT2D eigenvalue weighted by atomic mass is 16.5. The van der Waals surface area contributed by atoms with E-state index < -0.39 is 12.0 Å². The van der Waals surface area contributed by atoms with Gasteiger partial charge in [-0.3, -0.25) is 9.59 Å². The Morgan fingerprint density at radius 3 is 2.53 bits per heavy atom. The van der Waals surface area contributed by atoms with Gasteiger partial charge in [0.15, 0.2) is 0 Å². The van der Waals surface area contributed by atoms with Crippen molar-refractivity contribution < 1.29 is 19.1 Å². The minimum atomic E-state index is -0.644. The molecule has 7 nitrogen and oxygen atoms in total. The molecule has 2 atom stereocenters. The van der Waals surface area contributed by atoms with Crippen molar-refractivity contribution in [3.8, 4) is 11.5 Å². The summed E-state index contributed by atoms with van der Waals surface area (Å²) in [4.78, 5) is 32.2. The van der Waals surface area contributed by atoms with Gasteiger partial charge < -0.3 is 24.7 Å². The lowest BCUT2D eigenvalue weighted by atomic mass is 9.79. The van der Waals surface area contributed by atoms with Crippen LogP contribution in [0, 0.1) is 0 Å². The van der Waals surface area contributed by atoms with E-state index in [1.165, 1.54) is 0 Å². The first-order valence-corrected chi connectivity index (χ1v) is 11.0. The molecule has 1 aliphatic heterocycles. The summed E-state index contributed by atoms with van der Waals surface area (Å²) in [7, 11) is 4.87. The SMILES string of the molecule is COc1ccc(OC)c(NC(=O)C2c3ccccc3C(=O)N(C)C2c2c[nH]c3ccccc23)c1. The van der Waals surface area contributed by atoms with E-state index in [0.717, 1.165) is 16.5 Å². The second-order valence-electron chi connectivity index (χ2n) is 8.27. The van der Waals surface area contributed by atoms with Gasteiger partial charge in [0.25, 0.3) is 5.91 Å². The van der Waals surface area contributed by atoms with Crippen LogP contribution in [-0.4, -0.2) is 43.0 Å². The third-order valence-corrected chi connectivity index (χ3v) is 6.47. The number of carbonyl (C=O) groups is 2. The molecule has 2 amide bonds. The zero-order chi connectivity index (χ0) is 23.8. The Kier molecular flexibility index (Phi) is 5.45. The van der Waals surface area contributed by atoms with Crippen molar-refractivity contribution in [2.24, 2.45) is 0 Å². The summed E-state index contributed by atoms with van der Waals surface area (Å²) in [5.74, 6) is 0.114. The Bertz CT molecular complexity index is 1390. The maximum Gasteiger partial charge on any atom is 0.254 e. The van der Waals surface area contributed by atoms with Crippen LogP contribution in [0.15, 0.2) is 72.9 Å². The molecular formula is C27H25N3O4. The molecular weight excluding hydrogens is 430 g/mol. The van der Waals surface area contributed by atoms with Crippen molar-refractivity contribution >= 4 is 28.4 Å². The number of aromatic amines is 1. The molecule has 0 saturated carbocycles. The van der Waals surface area contributed by atoms with E-state index in [-0.39, 0.29) is 11.8 Å². The number of nitrogens with zero attached hydrogens (tertiary/aromatic N) is 1. The summed E-state index contributed by atoms with van der Waals surface area (Å²) in [5, 5.41) is 4.01. The predicted molar refractivity (Wildman–Crippen MR) is 130 cm³/mol. The molecule has 1 aromatic heterocycles. The summed E-state index contributed by atoms with van der Waals surface area (Å²) in [6.45, 7) is 0. The van der Waals surface area contributed by atoms with Gasteiger partial charge in [0.2, 0.25) is 5.91 Å². The summed E-state index contributed by atoms with van der Waals surface area (Å²) >= 11 is 0. The van der Waals surface area contributed by atoms with Crippen LogP contribution < -0.4 is 14.8 Å². The first-order chi connectivity index (χ1) is 16.5. The fraction of sp³-hybridized carbons (Fsp3) is 0.185. The predicted octanol–water partition coefficient (Wildman–Crippen LogP) is 4.73. The van der Waals surface area contributed by atoms with Crippen LogP contribution in [-0.2, 0) is 4.79 Å². The highest BCUT2D eigenvalue weighted by Crippen LogP contribution is 2.45. The van der Waals surface area contributed by atoms with Gasteiger partial charge >= 0.3 is 0 Å². The van der Waals surface area contributed by atoms with Crippen LogP contribution in [0.5, 0.6) is 11.5 Å². The molecule has 0 spiro atoms. The van der Waals surface area contributed by atoms with Crippen LogP contribution in [0.4, 0.5) is 5.69 Å². The number of likely N-dealkylation sites (N-methyl/N-ethyl adjacent to an activating group) is 1. The summed E-state index contributed by atoms with van der Waals surface area (Å²) in [6, 6.07) is 19.9. The maximum atomic E-state index is 13.9. The topological polar surface area (TPSA) is 83.7 Å². The first-order valence-electron chi connectivity index (χ1n) is 11.0. The summed E-state index contributed by atoms with van der Waals surface area (Å²) in [5.41, 5.74) is 3.56. The molecule has 0 aliphatic carbocycles. The second kappa shape index (κ2) is 8.59. The fourth-order valence-corrected chi connectivity index (χ4v) is 4.81. The van der Waals surface area contributed by atoms with Gasteiger partial charge in [-0.25, -0.2) is 0 Å². The maximum absolute atomic E-state index is 13.9. The number of ether oxygens (including phenoxy) is 2.